The second kappa shape index (κ2) is 8.65. The molecule has 1 aliphatic heterocycles. The van der Waals surface area contributed by atoms with E-state index in [0.29, 0.717) is 28.3 Å². The molecule has 6 nitrogen and oxygen atoms in total. The zero-order chi connectivity index (χ0) is 21.0. The van der Waals surface area contributed by atoms with E-state index in [1.807, 2.05) is 19.9 Å². The highest BCUT2D eigenvalue weighted by molar-refractivity contribution is 6.36. The number of carbonyl (C=O) groups is 2. The lowest BCUT2D eigenvalue weighted by Gasteiger charge is -2.12. The maximum Gasteiger partial charge on any atom is 0.278 e. The highest BCUT2D eigenvalue weighted by Crippen LogP contribution is 2.32. The Balaban J connectivity index is 2.02. The van der Waals surface area contributed by atoms with Crippen LogP contribution in [0.25, 0.3) is 5.57 Å². The fourth-order valence-corrected chi connectivity index (χ4v) is 3.07. The average molecular weight is 392 g/mol. The molecule has 0 fully saturated rings. The lowest BCUT2D eigenvalue weighted by atomic mass is 10.0. The molecule has 0 atom stereocenters. The Kier molecular flexibility index (Phi) is 6.02. The maximum absolute atomic E-state index is 13.0. The van der Waals surface area contributed by atoms with Gasteiger partial charge in [0.1, 0.15) is 17.2 Å². The number of methoxy groups -OCH3 is 1. The summed E-state index contributed by atoms with van der Waals surface area (Å²) in [5, 5.41) is 3.10. The van der Waals surface area contributed by atoms with Crippen LogP contribution in [0.15, 0.2) is 66.9 Å². The lowest BCUT2D eigenvalue weighted by Crippen LogP contribution is -2.32. The summed E-state index contributed by atoms with van der Waals surface area (Å²) in [6.45, 7) is 7.67. The van der Waals surface area contributed by atoms with Crippen molar-refractivity contribution in [2.75, 3.05) is 19.0 Å². The van der Waals surface area contributed by atoms with Gasteiger partial charge in [-0.3, -0.25) is 14.5 Å². The molecule has 1 aliphatic rings. The van der Waals surface area contributed by atoms with E-state index in [-0.39, 0.29) is 24.3 Å². The first-order valence-corrected chi connectivity index (χ1v) is 9.34. The molecule has 3 rings (SSSR count). The van der Waals surface area contributed by atoms with Crippen LogP contribution < -0.4 is 14.8 Å². The smallest absolute Gasteiger partial charge is 0.278 e. The number of carbonyl (C=O) groups excluding carboxylic acids is 2. The van der Waals surface area contributed by atoms with Crippen molar-refractivity contribution in [3.8, 4) is 11.5 Å². The van der Waals surface area contributed by atoms with Crippen molar-refractivity contribution in [3.63, 3.8) is 0 Å². The average Bonchev–Trinajstić information content (AvgIpc) is 2.93. The van der Waals surface area contributed by atoms with Crippen LogP contribution >= 0.6 is 0 Å². The number of imide groups is 1. The van der Waals surface area contributed by atoms with Crippen LogP contribution in [0.3, 0.4) is 0 Å². The van der Waals surface area contributed by atoms with Crippen LogP contribution in [0, 0.1) is 0 Å². The fourth-order valence-electron chi connectivity index (χ4n) is 3.07. The molecule has 0 spiro atoms. The number of hydrogen-bond acceptors (Lipinski definition) is 5. The van der Waals surface area contributed by atoms with E-state index in [9.17, 15) is 9.59 Å². The number of benzene rings is 2. The van der Waals surface area contributed by atoms with Crippen LogP contribution in [-0.2, 0) is 9.59 Å². The molecule has 2 amide bonds. The van der Waals surface area contributed by atoms with E-state index in [1.165, 1.54) is 11.0 Å². The molecule has 0 saturated carbocycles. The Morgan fingerprint density at radius 3 is 2.41 bits per heavy atom. The highest BCUT2D eigenvalue weighted by atomic mass is 16.5. The van der Waals surface area contributed by atoms with Gasteiger partial charge >= 0.3 is 0 Å². The van der Waals surface area contributed by atoms with Crippen molar-refractivity contribution in [1.82, 2.24) is 4.90 Å². The molecular formula is C23H24N2O4. The zero-order valence-corrected chi connectivity index (χ0v) is 16.8. The summed E-state index contributed by atoms with van der Waals surface area (Å²) in [7, 11) is 1.57. The monoisotopic (exact) mass is 392 g/mol. The molecule has 0 aliphatic carbocycles. The Labute approximate surface area is 170 Å². The minimum atomic E-state index is -0.393. The molecule has 0 radical (unpaired) electrons. The molecule has 0 unspecified atom stereocenters. The molecule has 6 heteroatoms. The van der Waals surface area contributed by atoms with Gasteiger partial charge in [0.15, 0.2) is 0 Å². The zero-order valence-electron chi connectivity index (χ0n) is 16.8. The van der Waals surface area contributed by atoms with E-state index in [4.69, 9.17) is 9.47 Å². The number of anilines is 1. The van der Waals surface area contributed by atoms with E-state index < -0.39 is 5.91 Å². The van der Waals surface area contributed by atoms with Gasteiger partial charge in [-0.1, -0.05) is 24.3 Å². The first-order chi connectivity index (χ1) is 13.9. The fraction of sp³-hybridized carbons (Fsp3) is 0.217. The van der Waals surface area contributed by atoms with Crippen molar-refractivity contribution in [2.24, 2.45) is 0 Å². The summed E-state index contributed by atoms with van der Waals surface area (Å²) < 4.78 is 10.9. The van der Waals surface area contributed by atoms with Crippen molar-refractivity contribution in [2.45, 2.75) is 20.0 Å². The highest BCUT2D eigenvalue weighted by Gasteiger charge is 2.38. The van der Waals surface area contributed by atoms with E-state index in [0.717, 1.165) is 0 Å². The molecule has 0 bridgehead atoms. The van der Waals surface area contributed by atoms with Gasteiger partial charge in [-0.2, -0.15) is 0 Å². The van der Waals surface area contributed by atoms with Gasteiger partial charge in [0.25, 0.3) is 11.8 Å². The summed E-state index contributed by atoms with van der Waals surface area (Å²) in [6.07, 6.45) is 1.57. The van der Waals surface area contributed by atoms with Crippen LogP contribution in [0.1, 0.15) is 19.4 Å². The standard InChI is InChI=1S/C23H24N2O4/c1-5-13-25-22(26)20(16-9-11-18(12-10-16)29-15(2)3)21(23(25)27)24-17-7-6-8-19(14-17)28-4/h5-12,14-15,24H,1,13H2,2-4H3. The van der Waals surface area contributed by atoms with Gasteiger partial charge in [-0.25, -0.2) is 0 Å². The third-order valence-corrected chi connectivity index (χ3v) is 4.33. The van der Waals surface area contributed by atoms with Crippen molar-refractivity contribution < 1.29 is 19.1 Å². The molecule has 2 aromatic carbocycles. The second-order valence-corrected chi connectivity index (χ2v) is 6.81. The Morgan fingerprint density at radius 1 is 1.07 bits per heavy atom. The van der Waals surface area contributed by atoms with Gasteiger partial charge in [0, 0.05) is 18.3 Å². The third-order valence-electron chi connectivity index (χ3n) is 4.33. The van der Waals surface area contributed by atoms with Crippen LogP contribution in [0.4, 0.5) is 5.69 Å². The Bertz CT molecular complexity index is 961. The molecule has 1 heterocycles. The van der Waals surface area contributed by atoms with Gasteiger partial charge in [0.2, 0.25) is 0 Å². The Hall–Kier alpha value is -3.54. The third kappa shape index (κ3) is 4.32. The van der Waals surface area contributed by atoms with Gasteiger partial charge in [0.05, 0.1) is 18.8 Å². The van der Waals surface area contributed by atoms with E-state index in [1.54, 1.807) is 49.6 Å². The van der Waals surface area contributed by atoms with Crippen molar-refractivity contribution in [1.29, 1.82) is 0 Å². The SMILES string of the molecule is C=CCN1C(=O)C(Nc2cccc(OC)c2)=C(c2ccc(OC(C)C)cc2)C1=O. The number of ether oxygens (including phenoxy) is 2. The largest absolute Gasteiger partial charge is 0.497 e. The molecule has 2 aromatic rings. The molecule has 1 N–H and O–H groups in total. The minimum Gasteiger partial charge on any atom is -0.497 e. The predicted molar refractivity (Wildman–Crippen MR) is 113 cm³/mol. The first-order valence-electron chi connectivity index (χ1n) is 9.34. The number of hydrogen-bond donors (Lipinski definition) is 1. The molecule has 0 saturated heterocycles. The lowest BCUT2D eigenvalue weighted by molar-refractivity contribution is -0.136. The molecule has 29 heavy (non-hydrogen) atoms. The van der Waals surface area contributed by atoms with Crippen LogP contribution in [0.2, 0.25) is 0 Å². The predicted octanol–water partition coefficient (Wildman–Crippen LogP) is 3.86. The van der Waals surface area contributed by atoms with Crippen molar-refractivity contribution >= 4 is 23.1 Å². The molecule has 150 valence electrons. The first kappa shape index (κ1) is 20.2. The minimum absolute atomic E-state index is 0.0446. The Morgan fingerprint density at radius 2 is 1.79 bits per heavy atom. The topological polar surface area (TPSA) is 67.9 Å². The summed E-state index contributed by atoms with van der Waals surface area (Å²) in [5.41, 5.74) is 1.83. The molecular weight excluding hydrogens is 368 g/mol. The van der Waals surface area contributed by atoms with Gasteiger partial charge < -0.3 is 14.8 Å². The summed E-state index contributed by atoms with van der Waals surface area (Å²) in [5.74, 6) is 0.589. The number of amides is 2. The number of nitrogens with one attached hydrogen (secondary N) is 1. The van der Waals surface area contributed by atoms with E-state index >= 15 is 0 Å². The quantitative estimate of drug-likeness (QED) is 0.546. The summed E-state index contributed by atoms with van der Waals surface area (Å²) in [6, 6.07) is 14.3. The van der Waals surface area contributed by atoms with Crippen LogP contribution in [-0.4, -0.2) is 36.5 Å². The normalized spacial score (nSPS) is 13.9. The number of nitrogens with zero attached hydrogens (tertiary/aromatic N) is 1. The van der Waals surface area contributed by atoms with Crippen LogP contribution in [0.5, 0.6) is 11.5 Å². The number of rotatable bonds is 8. The van der Waals surface area contributed by atoms with E-state index in [2.05, 4.69) is 11.9 Å². The maximum atomic E-state index is 13.0. The summed E-state index contributed by atoms with van der Waals surface area (Å²) in [4.78, 5) is 27.1. The molecule has 0 aromatic heterocycles. The van der Waals surface area contributed by atoms with Gasteiger partial charge in [-0.05, 0) is 43.7 Å². The summed E-state index contributed by atoms with van der Waals surface area (Å²) >= 11 is 0. The second-order valence-electron chi connectivity index (χ2n) is 6.81. The van der Waals surface area contributed by atoms with Gasteiger partial charge in [-0.15, -0.1) is 6.58 Å². The van der Waals surface area contributed by atoms with Crippen molar-refractivity contribution in [3.05, 3.63) is 72.4 Å².